The molecule has 11 rings (SSSR count). The fourth-order valence-corrected chi connectivity index (χ4v) is 8.17. The standard InChI is InChI=1S/C46H26O/c1-2-8-32-26-42-41(25-31(32)7-1)45-40(38-20-16-30-14-13-28-9-5-10-29-17-21-39(38)44(30)43(28)29)23-22-37(46(45)47-42)34-18-19-36-33(24-34)15-12-27-6-3-4-11-35(27)36/h1-26H. The molecule has 1 aromatic heterocycles. The van der Waals surface area contributed by atoms with Gasteiger partial charge in [0.2, 0.25) is 0 Å². The number of hydrogen-bond acceptors (Lipinski definition) is 1. The SMILES string of the molecule is c1ccc2cc3c(cc2c1)oc1c(-c2ccc4c(ccc5ccccc54)c2)ccc(-c2ccc4ccc5cccc6ccc2c4c56)c13. The van der Waals surface area contributed by atoms with Crippen LogP contribution in [-0.4, -0.2) is 0 Å². The maximum atomic E-state index is 6.92. The molecule has 10 aromatic carbocycles. The van der Waals surface area contributed by atoms with Crippen LogP contribution in [0, 0.1) is 0 Å². The van der Waals surface area contributed by atoms with Crippen molar-refractivity contribution in [3.05, 3.63) is 158 Å². The van der Waals surface area contributed by atoms with Crippen molar-refractivity contribution in [3.63, 3.8) is 0 Å². The van der Waals surface area contributed by atoms with Crippen LogP contribution in [-0.2, 0) is 0 Å². The molecule has 0 aliphatic heterocycles. The molecule has 0 N–H and O–H groups in total. The van der Waals surface area contributed by atoms with Crippen molar-refractivity contribution in [1.29, 1.82) is 0 Å². The molecule has 11 aromatic rings. The quantitative estimate of drug-likeness (QED) is 0.182. The average molecular weight is 595 g/mol. The summed E-state index contributed by atoms with van der Waals surface area (Å²) in [5.74, 6) is 0. The van der Waals surface area contributed by atoms with E-state index in [0.29, 0.717) is 0 Å². The first kappa shape index (κ1) is 25.1. The Morgan fingerprint density at radius 3 is 1.77 bits per heavy atom. The molecule has 1 heteroatoms. The summed E-state index contributed by atoms with van der Waals surface area (Å²) in [6.07, 6.45) is 0. The molecule has 0 unspecified atom stereocenters. The predicted octanol–water partition coefficient (Wildman–Crippen LogP) is 13.3. The van der Waals surface area contributed by atoms with Crippen LogP contribution in [0.25, 0.3) is 109 Å². The van der Waals surface area contributed by atoms with Crippen molar-refractivity contribution in [2.45, 2.75) is 0 Å². The fraction of sp³-hybridized carbons (Fsp3) is 0. The molecule has 1 nitrogen and oxygen atoms in total. The summed E-state index contributed by atoms with van der Waals surface area (Å²) < 4.78 is 6.92. The van der Waals surface area contributed by atoms with Crippen LogP contribution >= 0.6 is 0 Å². The molecule has 0 bridgehead atoms. The average Bonchev–Trinajstić information content (AvgIpc) is 3.50. The van der Waals surface area contributed by atoms with Gasteiger partial charge in [-0.1, -0.05) is 133 Å². The van der Waals surface area contributed by atoms with Crippen molar-refractivity contribution in [2.24, 2.45) is 0 Å². The minimum atomic E-state index is 0.914. The van der Waals surface area contributed by atoms with E-state index in [2.05, 4.69) is 158 Å². The van der Waals surface area contributed by atoms with Gasteiger partial charge in [0.15, 0.2) is 0 Å². The Hall–Kier alpha value is -6.18. The number of fused-ring (bicyclic) bond motifs is 7. The normalized spacial score (nSPS) is 12.3. The Labute approximate surface area is 270 Å². The predicted molar refractivity (Wildman–Crippen MR) is 201 cm³/mol. The highest BCUT2D eigenvalue weighted by Gasteiger charge is 2.20. The van der Waals surface area contributed by atoms with E-state index in [0.717, 1.165) is 33.1 Å². The Balaban J connectivity index is 1.24. The summed E-state index contributed by atoms with van der Waals surface area (Å²) in [7, 11) is 0. The Morgan fingerprint density at radius 2 is 0.894 bits per heavy atom. The van der Waals surface area contributed by atoms with Gasteiger partial charge < -0.3 is 4.42 Å². The van der Waals surface area contributed by atoms with Gasteiger partial charge in [-0.25, -0.2) is 0 Å². The zero-order chi connectivity index (χ0) is 30.6. The molecule has 0 aliphatic rings. The van der Waals surface area contributed by atoms with Crippen LogP contribution in [0.3, 0.4) is 0 Å². The van der Waals surface area contributed by atoms with Gasteiger partial charge in [0.1, 0.15) is 11.2 Å². The third-order valence-electron chi connectivity index (χ3n) is 10.4. The van der Waals surface area contributed by atoms with Gasteiger partial charge in [-0.2, -0.15) is 0 Å². The van der Waals surface area contributed by atoms with E-state index >= 15 is 0 Å². The zero-order valence-corrected chi connectivity index (χ0v) is 25.4. The van der Waals surface area contributed by atoms with E-state index in [1.54, 1.807) is 0 Å². The van der Waals surface area contributed by atoms with Crippen LogP contribution in [0.5, 0.6) is 0 Å². The molecular formula is C46H26O. The van der Waals surface area contributed by atoms with Crippen LogP contribution in [0.15, 0.2) is 162 Å². The third kappa shape index (κ3) is 3.49. The van der Waals surface area contributed by atoms with E-state index in [-0.39, 0.29) is 0 Å². The van der Waals surface area contributed by atoms with Crippen LogP contribution < -0.4 is 0 Å². The molecule has 47 heavy (non-hydrogen) atoms. The van der Waals surface area contributed by atoms with Gasteiger partial charge in [-0.3, -0.25) is 0 Å². The van der Waals surface area contributed by atoms with Crippen LogP contribution in [0.4, 0.5) is 0 Å². The molecule has 0 saturated heterocycles. The summed E-state index contributed by atoms with van der Waals surface area (Å²) in [6.45, 7) is 0. The second kappa shape index (κ2) is 9.19. The van der Waals surface area contributed by atoms with E-state index in [9.17, 15) is 0 Å². The summed E-state index contributed by atoms with van der Waals surface area (Å²) in [5.41, 5.74) is 6.53. The van der Waals surface area contributed by atoms with Gasteiger partial charge in [0, 0.05) is 16.3 Å². The first-order valence-electron chi connectivity index (χ1n) is 16.3. The van der Waals surface area contributed by atoms with Gasteiger partial charge in [0.05, 0.1) is 0 Å². The van der Waals surface area contributed by atoms with E-state index in [4.69, 9.17) is 4.42 Å². The fourth-order valence-electron chi connectivity index (χ4n) is 8.17. The second-order valence-corrected chi connectivity index (χ2v) is 12.9. The lowest BCUT2D eigenvalue weighted by molar-refractivity contribution is 0.670. The largest absolute Gasteiger partial charge is 0.455 e. The smallest absolute Gasteiger partial charge is 0.143 e. The van der Waals surface area contributed by atoms with Gasteiger partial charge in [0.25, 0.3) is 0 Å². The maximum absolute atomic E-state index is 6.92. The number of furan rings is 1. The monoisotopic (exact) mass is 594 g/mol. The third-order valence-corrected chi connectivity index (χ3v) is 10.4. The van der Waals surface area contributed by atoms with Crippen molar-refractivity contribution >= 4 is 86.6 Å². The van der Waals surface area contributed by atoms with Crippen molar-refractivity contribution in [3.8, 4) is 22.3 Å². The lowest BCUT2D eigenvalue weighted by Gasteiger charge is -2.15. The first-order valence-corrected chi connectivity index (χ1v) is 16.3. The molecule has 0 spiro atoms. The molecule has 216 valence electrons. The minimum Gasteiger partial charge on any atom is -0.455 e. The van der Waals surface area contributed by atoms with Crippen molar-refractivity contribution in [2.75, 3.05) is 0 Å². The first-order chi connectivity index (χ1) is 23.3. The Morgan fingerprint density at radius 1 is 0.298 bits per heavy atom. The van der Waals surface area contributed by atoms with Gasteiger partial charge in [-0.05, 0) is 106 Å². The topological polar surface area (TPSA) is 13.1 Å². The molecule has 0 saturated carbocycles. The van der Waals surface area contributed by atoms with E-state index in [1.165, 1.54) is 75.8 Å². The van der Waals surface area contributed by atoms with Gasteiger partial charge in [-0.15, -0.1) is 0 Å². The zero-order valence-electron chi connectivity index (χ0n) is 25.4. The van der Waals surface area contributed by atoms with E-state index < -0.39 is 0 Å². The Kier molecular flexibility index (Phi) is 4.90. The van der Waals surface area contributed by atoms with Crippen LogP contribution in [0.1, 0.15) is 0 Å². The van der Waals surface area contributed by atoms with Gasteiger partial charge >= 0.3 is 0 Å². The molecule has 0 radical (unpaired) electrons. The lowest BCUT2D eigenvalue weighted by atomic mass is 9.87. The van der Waals surface area contributed by atoms with E-state index in [1.807, 2.05) is 0 Å². The molecular weight excluding hydrogens is 569 g/mol. The number of hydrogen-bond donors (Lipinski definition) is 0. The van der Waals surface area contributed by atoms with Crippen LogP contribution in [0.2, 0.25) is 0 Å². The summed E-state index contributed by atoms with van der Waals surface area (Å²) in [4.78, 5) is 0. The molecule has 0 aliphatic carbocycles. The second-order valence-electron chi connectivity index (χ2n) is 12.9. The molecule has 0 amide bonds. The molecule has 0 atom stereocenters. The minimum absolute atomic E-state index is 0.914. The molecule has 1 heterocycles. The summed E-state index contributed by atoms with van der Waals surface area (Å²) in [5, 5.41) is 17.5. The summed E-state index contributed by atoms with van der Waals surface area (Å²) in [6, 6.07) is 57.9. The lowest BCUT2D eigenvalue weighted by Crippen LogP contribution is -1.89. The summed E-state index contributed by atoms with van der Waals surface area (Å²) >= 11 is 0. The van der Waals surface area contributed by atoms with Crippen molar-refractivity contribution < 1.29 is 4.42 Å². The highest BCUT2D eigenvalue weighted by molar-refractivity contribution is 6.28. The number of rotatable bonds is 2. The molecule has 0 fully saturated rings. The van der Waals surface area contributed by atoms with Crippen molar-refractivity contribution in [1.82, 2.24) is 0 Å². The maximum Gasteiger partial charge on any atom is 0.143 e. The number of benzene rings is 10. The Bertz CT molecular complexity index is 3050. The highest BCUT2D eigenvalue weighted by Crippen LogP contribution is 2.46. The highest BCUT2D eigenvalue weighted by atomic mass is 16.3.